The molecule has 84 valence electrons. The van der Waals surface area contributed by atoms with Crippen molar-refractivity contribution in [3.63, 3.8) is 0 Å². The number of allylic oxidation sites excluding steroid dienone is 2. The molecule has 2 rings (SSSR count). The van der Waals surface area contributed by atoms with Gasteiger partial charge in [-0.05, 0) is 25.0 Å². The number of ketones is 1. The number of Topliss-reactive ketones (excluding diaryl/α,β-unsaturated/α-hetero) is 1. The van der Waals surface area contributed by atoms with Gasteiger partial charge in [-0.25, -0.2) is 0 Å². The van der Waals surface area contributed by atoms with Gasteiger partial charge in [0.2, 0.25) is 0 Å². The van der Waals surface area contributed by atoms with Crippen LogP contribution in [0.5, 0.6) is 5.75 Å². The summed E-state index contributed by atoms with van der Waals surface area (Å²) in [6, 6.07) is 7.74. The van der Waals surface area contributed by atoms with Crippen molar-refractivity contribution in [3.05, 3.63) is 41.7 Å². The number of halogens is 1. The Balaban J connectivity index is 2.20. The molecule has 0 saturated carbocycles. The van der Waals surface area contributed by atoms with Gasteiger partial charge in [-0.15, -0.1) is 0 Å². The summed E-state index contributed by atoms with van der Waals surface area (Å²) in [6.07, 6.45) is 4.35. The van der Waals surface area contributed by atoms with E-state index in [0.29, 0.717) is 12.2 Å². The van der Waals surface area contributed by atoms with E-state index in [1.54, 1.807) is 0 Å². The lowest BCUT2D eigenvalue weighted by atomic mass is 10.1. The van der Waals surface area contributed by atoms with Crippen molar-refractivity contribution in [1.29, 1.82) is 0 Å². The van der Waals surface area contributed by atoms with Crippen molar-refractivity contribution in [2.45, 2.75) is 24.6 Å². The van der Waals surface area contributed by atoms with Crippen molar-refractivity contribution in [2.75, 3.05) is 0 Å². The molecule has 0 unspecified atom stereocenters. The smallest absolute Gasteiger partial charge is 0.197 e. The van der Waals surface area contributed by atoms with Crippen LogP contribution in [0.25, 0.3) is 0 Å². The fraction of sp³-hybridized carbons (Fsp3) is 0.308. The minimum absolute atomic E-state index is 0.107. The zero-order valence-electron chi connectivity index (χ0n) is 8.91. The predicted molar refractivity (Wildman–Crippen MR) is 66.6 cm³/mol. The Labute approximate surface area is 103 Å². The third-order valence-corrected chi connectivity index (χ3v) is 3.15. The van der Waals surface area contributed by atoms with Crippen LogP contribution in [0, 0.1) is 0 Å². The van der Waals surface area contributed by atoms with Crippen LogP contribution in [0.4, 0.5) is 0 Å². The van der Waals surface area contributed by atoms with E-state index in [1.807, 2.05) is 30.3 Å². The monoisotopic (exact) mass is 280 g/mol. The van der Waals surface area contributed by atoms with E-state index >= 15 is 0 Å². The summed E-state index contributed by atoms with van der Waals surface area (Å²) >= 11 is 3.40. The SMILES string of the molecule is O=C1CCCC=C1Oc1ccccc1CBr. The Hall–Kier alpha value is -1.09. The van der Waals surface area contributed by atoms with Crippen LogP contribution in [-0.4, -0.2) is 5.78 Å². The Morgan fingerprint density at radius 2 is 2.12 bits per heavy atom. The molecule has 0 N–H and O–H groups in total. The van der Waals surface area contributed by atoms with Crippen molar-refractivity contribution in [1.82, 2.24) is 0 Å². The molecule has 1 aliphatic carbocycles. The van der Waals surface area contributed by atoms with E-state index in [9.17, 15) is 4.79 Å². The summed E-state index contributed by atoms with van der Waals surface area (Å²) in [7, 11) is 0. The Morgan fingerprint density at radius 1 is 1.31 bits per heavy atom. The molecule has 0 saturated heterocycles. The minimum Gasteiger partial charge on any atom is -0.454 e. The summed E-state index contributed by atoms with van der Waals surface area (Å²) in [5.74, 6) is 1.37. The van der Waals surface area contributed by atoms with E-state index in [0.717, 1.165) is 29.5 Å². The van der Waals surface area contributed by atoms with Crippen molar-refractivity contribution < 1.29 is 9.53 Å². The van der Waals surface area contributed by atoms with Crippen LogP contribution >= 0.6 is 15.9 Å². The van der Waals surface area contributed by atoms with Gasteiger partial charge in [0.1, 0.15) is 5.75 Å². The van der Waals surface area contributed by atoms with Gasteiger partial charge in [-0.2, -0.15) is 0 Å². The number of ether oxygens (including phenoxy) is 1. The van der Waals surface area contributed by atoms with Crippen molar-refractivity contribution >= 4 is 21.7 Å². The quantitative estimate of drug-likeness (QED) is 0.791. The molecule has 2 nitrogen and oxygen atoms in total. The first-order chi connectivity index (χ1) is 7.81. The fourth-order valence-corrected chi connectivity index (χ4v) is 2.13. The van der Waals surface area contributed by atoms with Gasteiger partial charge in [-0.1, -0.05) is 34.1 Å². The van der Waals surface area contributed by atoms with Crippen LogP contribution in [0.3, 0.4) is 0 Å². The molecule has 3 heteroatoms. The normalized spacial score (nSPS) is 15.8. The Bertz CT molecular complexity index is 424. The van der Waals surface area contributed by atoms with Gasteiger partial charge >= 0.3 is 0 Å². The van der Waals surface area contributed by atoms with E-state index in [4.69, 9.17) is 4.74 Å². The lowest BCUT2D eigenvalue weighted by Gasteiger charge is -2.14. The molecule has 0 radical (unpaired) electrons. The van der Waals surface area contributed by atoms with E-state index in [-0.39, 0.29) is 5.78 Å². The zero-order valence-corrected chi connectivity index (χ0v) is 10.5. The van der Waals surface area contributed by atoms with Crippen LogP contribution in [-0.2, 0) is 10.1 Å². The van der Waals surface area contributed by atoms with Crippen LogP contribution < -0.4 is 4.74 Å². The summed E-state index contributed by atoms with van der Waals surface area (Å²) < 4.78 is 5.67. The van der Waals surface area contributed by atoms with Gasteiger partial charge in [0.15, 0.2) is 11.5 Å². The highest BCUT2D eigenvalue weighted by Crippen LogP contribution is 2.25. The average Bonchev–Trinajstić information content (AvgIpc) is 2.33. The summed E-state index contributed by atoms with van der Waals surface area (Å²) in [6.45, 7) is 0. The molecule has 16 heavy (non-hydrogen) atoms. The van der Waals surface area contributed by atoms with Crippen molar-refractivity contribution in [3.8, 4) is 5.75 Å². The predicted octanol–water partition coefficient (Wildman–Crippen LogP) is 3.60. The van der Waals surface area contributed by atoms with Gasteiger partial charge in [0.25, 0.3) is 0 Å². The molecule has 0 fully saturated rings. The molecule has 0 atom stereocenters. The van der Waals surface area contributed by atoms with E-state index in [2.05, 4.69) is 15.9 Å². The summed E-state index contributed by atoms with van der Waals surface area (Å²) in [5.41, 5.74) is 1.06. The summed E-state index contributed by atoms with van der Waals surface area (Å²) in [5, 5.41) is 0.727. The highest BCUT2D eigenvalue weighted by atomic mass is 79.9. The second-order valence-electron chi connectivity index (χ2n) is 3.73. The third-order valence-electron chi connectivity index (χ3n) is 2.55. The van der Waals surface area contributed by atoms with Crippen molar-refractivity contribution in [2.24, 2.45) is 0 Å². The lowest BCUT2D eigenvalue weighted by molar-refractivity contribution is -0.118. The number of alkyl halides is 1. The van der Waals surface area contributed by atoms with Gasteiger partial charge in [0.05, 0.1) is 0 Å². The number of rotatable bonds is 3. The number of hydrogen-bond donors (Lipinski definition) is 0. The number of para-hydroxylation sites is 1. The molecule has 1 aromatic rings. The second kappa shape index (κ2) is 5.30. The molecule has 0 amide bonds. The summed E-state index contributed by atoms with van der Waals surface area (Å²) in [4.78, 5) is 11.6. The third kappa shape index (κ3) is 2.53. The van der Waals surface area contributed by atoms with Crippen LogP contribution in [0.15, 0.2) is 36.1 Å². The molecular formula is C13H13BrO2. The Kier molecular flexibility index (Phi) is 3.78. The number of carbonyl (C=O) groups is 1. The molecule has 0 spiro atoms. The Morgan fingerprint density at radius 3 is 2.88 bits per heavy atom. The number of benzene rings is 1. The maximum absolute atomic E-state index is 11.6. The maximum Gasteiger partial charge on any atom is 0.197 e. The van der Waals surface area contributed by atoms with Gasteiger partial charge in [0, 0.05) is 17.3 Å². The minimum atomic E-state index is 0.107. The van der Waals surface area contributed by atoms with E-state index < -0.39 is 0 Å². The zero-order chi connectivity index (χ0) is 11.4. The molecule has 0 aliphatic heterocycles. The van der Waals surface area contributed by atoms with Crippen LogP contribution in [0.2, 0.25) is 0 Å². The lowest BCUT2D eigenvalue weighted by Crippen LogP contribution is -2.12. The fourth-order valence-electron chi connectivity index (χ4n) is 1.66. The number of hydrogen-bond acceptors (Lipinski definition) is 2. The second-order valence-corrected chi connectivity index (χ2v) is 4.29. The largest absolute Gasteiger partial charge is 0.454 e. The first kappa shape index (κ1) is 11.4. The number of carbonyl (C=O) groups excluding carboxylic acids is 1. The van der Waals surface area contributed by atoms with E-state index in [1.165, 1.54) is 0 Å². The molecular weight excluding hydrogens is 268 g/mol. The molecule has 0 bridgehead atoms. The first-order valence-electron chi connectivity index (χ1n) is 5.36. The highest BCUT2D eigenvalue weighted by molar-refractivity contribution is 9.08. The average molecular weight is 281 g/mol. The topological polar surface area (TPSA) is 26.3 Å². The molecule has 0 aromatic heterocycles. The molecule has 0 heterocycles. The highest BCUT2D eigenvalue weighted by Gasteiger charge is 2.16. The first-order valence-corrected chi connectivity index (χ1v) is 6.48. The van der Waals surface area contributed by atoms with Gasteiger partial charge < -0.3 is 4.74 Å². The van der Waals surface area contributed by atoms with Gasteiger partial charge in [-0.3, -0.25) is 4.79 Å². The maximum atomic E-state index is 11.6. The molecule has 1 aromatic carbocycles. The van der Waals surface area contributed by atoms with Crippen LogP contribution in [0.1, 0.15) is 24.8 Å². The standard InChI is InChI=1S/C13H13BrO2/c14-9-10-5-1-3-7-12(10)16-13-8-4-2-6-11(13)15/h1,3,5,7-8H,2,4,6,9H2. The molecule has 1 aliphatic rings.